The maximum Gasteiger partial charge on any atom is 0.325 e. The Balaban J connectivity index is 1.42. The summed E-state index contributed by atoms with van der Waals surface area (Å²) in [5.74, 6) is 0.877. The number of carbonyl (C=O) groups is 2. The van der Waals surface area contributed by atoms with Gasteiger partial charge in [-0.15, -0.1) is 0 Å². The average Bonchev–Trinajstić information content (AvgIpc) is 3.29. The lowest BCUT2D eigenvalue weighted by molar-refractivity contribution is -0.133. The summed E-state index contributed by atoms with van der Waals surface area (Å²) in [6.07, 6.45) is 0.365. The lowest BCUT2D eigenvalue weighted by atomic mass is 9.84. The zero-order valence-electron chi connectivity index (χ0n) is 15.7. The molecule has 8 heteroatoms. The molecule has 0 unspecified atom stereocenters. The molecule has 2 aliphatic rings. The first-order valence-corrected chi connectivity index (χ1v) is 9.33. The number of aryl methyl sites for hydroxylation is 1. The highest BCUT2D eigenvalue weighted by Gasteiger charge is 2.55. The van der Waals surface area contributed by atoms with E-state index in [0.29, 0.717) is 30.2 Å². The van der Waals surface area contributed by atoms with Crippen LogP contribution in [0.25, 0.3) is 11.4 Å². The predicted molar refractivity (Wildman–Crippen MR) is 102 cm³/mol. The zero-order chi connectivity index (χ0) is 20.0. The van der Waals surface area contributed by atoms with Gasteiger partial charge in [0.2, 0.25) is 11.7 Å². The fourth-order valence-corrected chi connectivity index (χ4v) is 3.79. The second-order valence-electron chi connectivity index (χ2n) is 7.20. The number of hydrogen-bond donors (Lipinski definition) is 1. The summed E-state index contributed by atoms with van der Waals surface area (Å²) in [6, 6.07) is 14.5. The summed E-state index contributed by atoms with van der Waals surface area (Å²) in [4.78, 5) is 31.4. The third kappa shape index (κ3) is 2.75. The monoisotopic (exact) mass is 390 g/mol. The van der Waals surface area contributed by atoms with Crippen molar-refractivity contribution in [1.29, 1.82) is 0 Å². The number of benzene rings is 2. The Labute approximate surface area is 166 Å². The third-order valence-corrected chi connectivity index (χ3v) is 5.33. The molecule has 0 aliphatic carbocycles. The lowest BCUT2D eigenvalue weighted by Gasteiger charge is -2.33. The molecule has 0 bridgehead atoms. The number of rotatable bonds is 3. The molecule has 5 rings (SSSR count). The van der Waals surface area contributed by atoms with Gasteiger partial charge in [-0.2, -0.15) is 4.98 Å². The van der Waals surface area contributed by atoms with Crippen molar-refractivity contribution in [1.82, 2.24) is 20.4 Å². The van der Waals surface area contributed by atoms with Gasteiger partial charge in [0.15, 0.2) is 5.54 Å². The molecule has 8 nitrogen and oxygen atoms in total. The summed E-state index contributed by atoms with van der Waals surface area (Å²) in [5, 5.41) is 6.83. The van der Waals surface area contributed by atoms with Gasteiger partial charge in [-0.05, 0) is 13.0 Å². The van der Waals surface area contributed by atoms with E-state index in [4.69, 9.17) is 9.26 Å². The Hall–Kier alpha value is -3.68. The zero-order valence-corrected chi connectivity index (χ0v) is 15.7. The number of urea groups is 1. The van der Waals surface area contributed by atoms with Crippen LogP contribution in [-0.2, 0) is 16.9 Å². The summed E-state index contributed by atoms with van der Waals surface area (Å²) < 4.78 is 10.9. The van der Waals surface area contributed by atoms with Crippen molar-refractivity contribution in [3.05, 3.63) is 65.5 Å². The standard InChI is InChI=1S/C21H18N4O4/c1-13-6-8-14(9-7-13)18-22-17(29-24-18)12-25-19(26)21(23-20(25)27)10-11-28-16-5-3-2-4-15(16)21/h2-9H,10-12H2,1H3,(H,23,27)/t21-/m0/s1. The third-order valence-electron chi connectivity index (χ3n) is 5.33. The van der Waals surface area contributed by atoms with Crippen LogP contribution in [0.2, 0.25) is 0 Å². The van der Waals surface area contributed by atoms with E-state index in [1.807, 2.05) is 43.3 Å². The molecule has 146 valence electrons. The number of para-hydroxylation sites is 1. The van der Waals surface area contributed by atoms with Crippen molar-refractivity contribution in [2.24, 2.45) is 0 Å². The molecule has 0 radical (unpaired) electrons. The van der Waals surface area contributed by atoms with E-state index in [1.165, 1.54) is 0 Å². The number of carbonyl (C=O) groups excluding carboxylic acids is 2. The maximum atomic E-state index is 13.3. The van der Waals surface area contributed by atoms with Crippen LogP contribution < -0.4 is 10.1 Å². The number of fused-ring (bicyclic) bond motifs is 2. The highest BCUT2D eigenvalue weighted by molar-refractivity contribution is 6.07. The highest BCUT2D eigenvalue weighted by atomic mass is 16.5. The molecule has 29 heavy (non-hydrogen) atoms. The van der Waals surface area contributed by atoms with Crippen LogP contribution in [-0.4, -0.2) is 33.6 Å². The van der Waals surface area contributed by atoms with Crippen molar-refractivity contribution in [2.75, 3.05) is 6.61 Å². The summed E-state index contributed by atoms with van der Waals surface area (Å²) in [7, 11) is 0. The Morgan fingerprint density at radius 3 is 2.76 bits per heavy atom. The van der Waals surface area contributed by atoms with Crippen molar-refractivity contribution < 1.29 is 18.8 Å². The number of aromatic nitrogens is 2. The van der Waals surface area contributed by atoms with Crippen molar-refractivity contribution >= 4 is 11.9 Å². The molecule has 1 spiro atoms. The van der Waals surface area contributed by atoms with Crippen LogP contribution >= 0.6 is 0 Å². The van der Waals surface area contributed by atoms with Gasteiger partial charge >= 0.3 is 6.03 Å². The topological polar surface area (TPSA) is 97.6 Å². The van der Waals surface area contributed by atoms with Gasteiger partial charge < -0.3 is 14.6 Å². The average molecular weight is 390 g/mol. The molecular weight excluding hydrogens is 372 g/mol. The van der Waals surface area contributed by atoms with E-state index < -0.39 is 11.6 Å². The molecule has 1 atom stereocenters. The predicted octanol–water partition coefficient (Wildman–Crippen LogP) is 2.77. The van der Waals surface area contributed by atoms with Crippen LogP contribution in [0.1, 0.15) is 23.4 Å². The van der Waals surface area contributed by atoms with Gasteiger partial charge in [-0.3, -0.25) is 9.69 Å². The van der Waals surface area contributed by atoms with Gasteiger partial charge in [0, 0.05) is 17.5 Å². The van der Waals surface area contributed by atoms with Crippen LogP contribution in [0.15, 0.2) is 53.1 Å². The normalized spacial score (nSPS) is 20.5. The fourth-order valence-electron chi connectivity index (χ4n) is 3.79. The number of ether oxygens (including phenoxy) is 1. The van der Waals surface area contributed by atoms with Crippen LogP contribution in [0, 0.1) is 6.92 Å². The second-order valence-corrected chi connectivity index (χ2v) is 7.20. The molecule has 2 aromatic carbocycles. The first kappa shape index (κ1) is 17.4. The van der Waals surface area contributed by atoms with Crippen molar-refractivity contribution in [2.45, 2.75) is 25.4 Å². The van der Waals surface area contributed by atoms with Crippen LogP contribution in [0.3, 0.4) is 0 Å². The van der Waals surface area contributed by atoms with Gasteiger partial charge in [-0.25, -0.2) is 4.79 Å². The second kappa shape index (κ2) is 6.44. The number of nitrogens with one attached hydrogen (secondary N) is 1. The Bertz CT molecular complexity index is 1110. The number of nitrogens with zero attached hydrogens (tertiary/aromatic N) is 3. The maximum absolute atomic E-state index is 13.3. The van der Waals surface area contributed by atoms with Gasteiger partial charge in [0.25, 0.3) is 5.91 Å². The SMILES string of the molecule is Cc1ccc(-c2noc(CN3C(=O)N[C@]4(CCOc5ccccc54)C3=O)n2)cc1. The quantitative estimate of drug-likeness (QED) is 0.691. The Morgan fingerprint density at radius 2 is 1.93 bits per heavy atom. The number of imide groups is 1. The van der Waals surface area contributed by atoms with Gasteiger partial charge in [0.05, 0.1) is 6.61 Å². The minimum absolute atomic E-state index is 0.0890. The molecule has 2 aliphatic heterocycles. The fraction of sp³-hybridized carbons (Fsp3) is 0.238. The molecule has 0 saturated carbocycles. The lowest BCUT2D eigenvalue weighted by Crippen LogP contribution is -2.47. The Kier molecular flexibility index (Phi) is 3.87. The van der Waals surface area contributed by atoms with E-state index in [-0.39, 0.29) is 18.3 Å². The van der Waals surface area contributed by atoms with Crippen molar-refractivity contribution in [3.63, 3.8) is 0 Å². The van der Waals surface area contributed by atoms with Gasteiger partial charge in [0.1, 0.15) is 12.3 Å². The molecule has 1 saturated heterocycles. The minimum Gasteiger partial charge on any atom is -0.493 e. The highest BCUT2D eigenvalue weighted by Crippen LogP contribution is 2.41. The van der Waals surface area contributed by atoms with E-state index in [1.54, 1.807) is 12.1 Å². The Morgan fingerprint density at radius 1 is 1.14 bits per heavy atom. The molecule has 1 aromatic heterocycles. The van der Waals surface area contributed by atoms with Crippen LogP contribution in [0.4, 0.5) is 4.79 Å². The number of amides is 3. The smallest absolute Gasteiger partial charge is 0.325 e. The summed E-state index contributed by atoms with van der Waals surface area (Å²) in [5.41, 5.74) is 1.47. The van der Waals surface area contributed by atoms with E-state index in [2.05, 4.69) is 15.5 Å². The summed E-state index contributed by atoms with van der Waals surface area (Å²) in [6.45, 7) is 2.25. The van der Waals surface area contributed by atoms with E-state index >= 15 is 0 Å². The van der Waals surface area contributed by atoms with Crippen molar-refractivity contribution in [3.8, 4) is 17.1 Å². The molecule has 3 amide bonds. The minimum atomic E-state index is -1.12. The molecule has 1 fully saturated rings. The van der Waals surface area contributed by atoms with E-state index in [9.17, 15) is 9.59 Å². The summed E-state index contributed by atoms with van der Waals surface area (Å²) >= 11 is 0. The van der Waals surface area contributed by atoms with E-state index in [0.717, 1.165) is 16.0 Å². The molecule has 3 heterocycles. The molecule has 3 aromatic rings. The first-order valence-electron chi connectivity index (χ1n) is 9.33. The molecular formula is C21H18N4O4. The largest absolute Gasteiger partial charge is 0.493 e. The first-order chi connectivity index (χ1) is 14.1. The number of hydrogen-bond acceptors (Lipinski definition) is 6. The van der Waals surface area contributed by atoms with Gasteiger partial charge in [-0.1, -0.05) is 53.2 Å². The molecule has 1 N–H and O–H groups in total. The van der Waals surface area contributed by atoms with Crippen LogP contribution in [0.5, 0.6) is 5.75 Å².